The van der Waals surface area contributed by atoms with E-state index in [1.807, 2.05) is 18.2 Å². The predicted molar refractivity (Wildman–Crippen MR) is 96.8 cm³/mol. The minimum absolute atomic E-state index is 0.810. The second-order valence-corrected chi connectivity index (χ2v) is 6.07. The van der Waals surface area contributed by atoms with Gasteiger partial charge in [0, 0.05) is 11.4 Å². The molecule has 0 amide bonds. The Bertz CT molecular complexity index is 549. The molecule has 22 heavy (non-hydrogen) atoms. The summed E-state index contributed by atoms with van der Waals surface area (Å²) in [7, 11) is 0. The van der Waals surface area contributed by atoms with Gasteiger partial charge in [0.05, 0.1) is 0 Å². The van der Waals surface area contributed by atoms with Gasteiger partial charge in [0.2, 0.25) is 0 Å². The normalized spacial score (nSPS) is 10.7. The number of unbranched alkanes of at least 4 members (excludes halogenated alkanes) is 5. The van der Waals surface area contributed by atoms with Crippen molar-refractivity contribution >= 4 is 11.4 Å². The van der Waals surface area contributed by atoms with E-state index in [1.54, 1.807) is 0 Å². The first-order valence-corrected chi connectivity index (χ1v) is 8.43. The highest BCUT2D eigenvalue weighted by Gasteiger charge is 2.00. The topological polar surface area (TPSA) is 52.0 Å². The zero-order valence-electron chi connectivity index (χ0n) is 13.4. The van der Waals surface area contributed by atoms with Crippen LogP contribution in [0.5, 0.6) is 0 Å². The molecule has 0 aliphatic rings. The molecule has 0 aromatic heterocycles. The van der Waals surface area contributed by atoms with Crippen molar-refractivity contribution in [2.45, 2.75) is 51.4 Å². The average molecular weight is 296 g/mol. The highest BCUT2D eigenvalue weighted by Crippen LogP contribution is 2.19. The van der Waals surface area contributed by atoms with Gasteiger partial charge in [-0.15, -0.1) is 0 Å². The van der Waals surface area contributed by atoms with Crippen molar-refractivity contribution in [3.8, 4) is 0 Å². The largest absolute Gasteiger partial charge is 0.399 e. The molecule has 0 radical (unpaired) electrons. The fourth-order valence-electron chi connectivity index (χ4n) is 2.84. The van der Waals surface area contributed by atoms with Gasteiger partial charge in [-0.3, -0.25) is 0 Å². The molecular weight excluding hydrogens is 268 g/mol. The van der Waals surface area contributed by atoms with Gasteiger partial charge in [-0.25, -0.2) is 0 Å². The Balaban J connectivity index is 1.52. The number of rotatable bonds is 9. The summed E-state index contributed by atoms with van der Waals surface area (Å²) in [5, 5.41) is 0. The van der Waals surface area contributed by atoms with E-state index in [-0.39, 0.29) is 0 Å². The molecule has 0 heterocycles. The first-order chi connectivity index (χ1) is 10.8. The summed E-state index contributed by atoms with van der Waals surface area (Å²) in [6.45, 7) is 0. The summed E-state index contributed by atoms with van der Waals surface area (Å²) < 4.78 is 0. The van der Waals surface area contributed by atoms with Crippen LogP contribution in [0.15, 0.2) is 48.5 Å². The Morgan fingerprint density at radius 1 is 0.636 bits per heavy atom. The van der Waals surface area contributed by atoms with Crippen LogP contribution >= 0.6 is 0 Å². The third-order valence-electron chi connectivity index (χ3n) is 4.17. The summed E-state index contributed by atoms with van der Waals surface area (Å²) in [5.41, 5.74) is 16.1. The van der Waals surface area contributed by atoms with Crippen molar-refractivity contribution in [3.63, 3.8) is 0 Å². The molecule has 0 spiro atoms. The molecule has 2 nitrogen and oxygen atoms in total. The number of anilines is 2. The SMILES string of the molecule is Nc1ccc(N)c(CCCCCCCCc2ccccc2)c1. The van der Waals surface area contributed by atoms with E-state index in [2.05, 4.69) is 30.3 Å². The maximum absolute atomic E-state index is 5.97. The van der Waals surface area contributed by atoms with E-state index in [4.69, 9.17) is 11.5 Å². The smallest absolute Gasteiger partial charge is 0.0348 e. The summed E-state index contributed by atoms with van der Waals surface area (Å²) in [6, 6.07) is 16.5. The number of hydrogen-bond donors (Lipinski definition) is 2. The van der Waals surface area contributed by atoms with Crippen molar-refractivity contribution in [2.75, 3.05) is 11.5 Å². The van der Waals surface area contributed by atoms with Crippen molar-refractivity contribution in [1.82, 2.24) is 0 Å². The van der Waals surface area contributed by atoms with E-state index in [1.165, 1.54) is 56.1 Å². The molecule has 118 valence electrons. The van der Waals surface area contributed by atoms with Gasteiger partial charge in [0.25, 0.3) is 0 Å². The third-order valence-corrected chi connectivity index (χ3v) is 4.17. The van der Waals surface area contributed by atoms with Gasteiger partial charge in [0.1, 0.15) is 0 Å². The Hall–Kier alpha value is -1.96. The van der Waals surface area contributed by atoms with Crippen molar-refractivity contribution in [1.29, 1.82) is 0 Å². The Morgan fingerprint density at radius 3 is 2.00 bits per heavy atom. The average Bonchev–Trinajstić information content (AvgIpc) is 2.54. The summed E-state index contributed by atoms with van der Waals surface area (Å²) in [5.74, 6) is 0. The monoisotopic (exact) mass is 296 g/mol. The molecule has 0 bridgehead atoms. The number of aryl methyl sites for hydroxylation is 2. The first kappa shape index (κ1) is 16.4. The lowest BCUT2D eigenvalue weighted by Gasteiger charge is -2.07. The highest BCUT2D eigenvalue weighted by atomic mass is 14.6. The van der Waals surface area contributed by atoms with Crippen LogP contribution in [0.4, 0.5) is 11.4 Å². The van der Waals surface area contributed by atoms with Crippen LogP contribution in [-0.4, -0.2) is 0 Å². The highest BCUT2D eigenvalue weighted by molar-refractivity contribution is 5.55. The second kappa shape index (κ2) is 9.14. The first-order valence-electron chi connectivity index (χ1n) is 8.43. The second-order valence-electron chi connectivity index (χ2n) is 6.07. The van der Waals surface area contributed by atoms with Crippen LogP contribution in [0.1, 0.15) is 49.7 Å². The molecule has 2 heteroatoms. The van der Waals surface area contributed by atoms with E-state index in [0.29, 0.717) is 0 Å². The third kappa shape index (κ3) is 5.80. The lowest BCUT2D eigenvalue weighted by atomic mass is 10.0. The number of nitrogens with two attached hydrogens (primary N) is 2. The molecule has 0 atom stereocenters. The van der Waals surface area contributed by atoms with Gasteiger partial charge < -0.3 is 11.5 Å². The maximum atomic E-state index is 5.97. The number of benzene rings is 2. The fourth-order valence-corrected chi connectivity index (χ4v) is 2.84. The molecule has 2 rings (SSSR count). The van der Waals surface area contributed by atoms with Crippen LogP contribution in [0.2, 0.25) is 0 Å². The molecule has 0 aliphatic carbocycles. The van der Waals surface area contributed by atoms with Crippen LogP contribution in [0, 0.1) is 0 Å². The zero-order chi connectivity index (χ0) is 15.6. The molecule has 0 fully saturated rings. The van der Waals surface area contributed by atoms with Crippen molar-refractivity contribution in [2.24, 2.45) is 0 Å². The van der Waals surface area contributed by atoms with Gasteiger partial charge in [-0.2, -0.15) is 0 Å². The lowest BCUT2D eigenvalue weighted by Crippen LogP contribution is -1.97. The van der Waals surface area contributed by atoms with Gasteiger partial charge >= 0.3 is 0 Å². The standard InChI is InChI=1S/C20H28N2/c21-19-14-15-20(22)18(16-19)13-9-4-2-1-3-6-10-17-11-7-5-8-12-17/h5,7-8,11-12,14-16H,1-4,6,9-10,13,21-22H2. The summed E-state index contributed by atoms with van der Waals surface area (Å²) in [6.07, 6.45) is 10.0. The summed E-state index contributed by atoms with van der Waals surface area (Å²) in [4.78, 5) is 0. The molecule has 0 aliphatic heterocycles. The molecule has 2 aromatic carbocycles. The van der Waals surface area contributed by atoms with Gasteiger partial charge in [0.15, 0.2) is 0 Å². The van der Waals surface area contributed by atoms with Crippen LogP contribution in [0.3, 0.4) is 0 Å². The molecule has 0 unspecified atom stereocenters. The van der Waals surface area contributed by atoms with E-state index in [0.717, 1.165) is 17.8 Å². The van der Waals surface area contributed by atoms with E-state index >= 15 is 0 Å². The van der Waals surface area contributed by atoms with Crippen LogP contribution in [0.25, 0.3) is 0 Å². The van der Waals surface area contributed by atoms with Gasteiger partial charge in [-0.1, -0.05) is 56.0 Å². The Labute approximate surface area is 134 Å². The summed E-state index contributed by atoms with van der Waals surface area (Å²) >= 11 is 0. The zero-order valence-corrected chi connectivity index (χ0v) is 13.4. The van der Waals surface area contributed by atoms with E-state index < -0.39 is 0 Å². The molecular formula is C20H28N2. The van der Waals surface area contributed by atoms with Crippen molar-refractivity contribution < 1.29 is 0 Å². The predicted octanol–water partition coefficient (Wildman–Crippen LogP) is 4.98. The minimum atomic E-state index is 0.810. The van der Waals surface area contributed by atoms with Crippen LogP contribution < -0.4 is 11.5 Å². The van der Waals surface area contributed by atoms with E-state index in [9.17, 15) is 0 Å². The Kier molecular flexibility index (Phi) is 6.82. The fraction of sp³-hybridized carbons (Fsp3) is 0.400. The Morgan fingerprint density at radius 2 is 1.27 bits per heavy atom. The molecule has 2 aromatic rings. The molecule has 0 saturated carbocycles. The molecule has 0 saturated heterocycles. The molecule has 4 N–H and O–H groups in total. The van der Waals surface area contributed by atoms with Gasteiger partial charge in [-0.05, 0) is 55.0 Å². The quantitative estimate of drug-likeness (QED) is 0.506. The number of nitrogen functional groups attached to an aromatic ring is 2. The minimum Gasteiger partial charge on any atom is -0.399 e. The van der Waals surface area contributed by atoms with Crippen LogP contribution in [-0.2, 0) is 12.8 Å². The lowest BCUT2D eigenvalue weighted by molar-refractivity contribution is 0.594. The number of hydrogen-bond acceptors (Lipinski definition) is 2. The van der Waals surface area contributed by atoms with Crippen molar-refractivity contribution in [3.05, 3.63) is 59.7 Å². The maximum Gasteiger partial charge on any atom is 0.0348 e.